The molecular formula is C16H24N2O2. The number of carbonyl (C=O) groups is 1. The molecule has 0 aliphatic carbocycles. The minimum atomic E-state index is 0.222. The molecule has 1 aliphatic rings. The molecule has 1 aliphatic heterocycles. The molecule has 0 saturated carbocycles. The number of carbonyl (C=O) groups excluding carboxylic acids is 1. The van der Waals surface area contributed by atoms with E-state index in [1.807, 2.05) is 29.2 Å². The molecule has 1 aromatic rings. The lowest BCUT2D eigenvalue weighted by atomic mass is 10.0. The third-order valence-corrected chi connectivity index (χ3v) is 3.73. The zero-order valence-electron chi connectivity index (χ0n) is 12.6. The Balaban J connectivity index is 2.11. The molecule has 1 fully saturated rings. The van der Waals surface area contributed by atoms with Crippen molar-refractivity contribution in [1.29, 1.82) is 0 Å². The lowest BCUT2D eigenvalue weighted by molar-refractivity contribution is -0.117. The highest BCUT2D eigenvalue weighted by molar-refractivity contribution is 5.95. The molecule has 0 radical (unpaired) electrons. The lowest BCUT2D eigenvalue weighted by Gasteiger charge is -2.24. The molecule has 1 atom stereocenters. The third kappa shape index (κ3) is 3.51. The average molecular weight is 276 g/mol. The minimum Gasteiger partial charge on any atom is -0.383 e. The van der Waals surface area contributed by atoms with E-state index in [0.29, 0.717) is 18.9 Å². The number of nitrogens with zero attached hydrogens (tertiary/aromatic N) is 1. The first-order chi connectivity index (χ1) is 9.61. The van der Waals surface area contributed by atoms with Gasteiger partial charge in [-0.25, -0.2) is 0 Å². The summed E-state index contributed by atoms with van der Waals surface area (Å²) >= 11 is 0. The highest BCUT2D eigenvalue weighted by Crippen LogP contribution is 2.25. The smallest absolute Gasteiger partial charge is 0.227 e. The number of anilines is 2. The maximum Gasteiger partial charge on any atom is 0.227 e. The van der Waals surface area contributed by atoms with Gasteiger partial charge in [0.15, 0.2) is 0 Å². The number of rotatable bonds is 6. The number of amides is 1. The topological polar surface area (TPSA) is 41.6 Å². The summed E-state index contributed by atoms with van der Waals surface area (Å²) in [6.45, 7) is 5.84. The minimum absolute atomic E-state index is 0.222. The van der Waals surface area contributed by atoms with Gasteiger partial charge in [-0.2, -0.15) is 0 Å². The van der Waals surface area contributed by atoms with Crippen molar-refractivity contribution < 1.29 is 9.53 Å². The van der Waals surface area contributed by atoms with E-state index in [4.69, 9.17) is 4.74 Å². The Hall–Kier alpha value is -1.55. The fraction of sp³-hybridized carbons (Fsp3) is 0.562. The molecule has 4 nitrogen and oxygen atoms in total. The van der Waals surface area contributed by atoms with Gasteiger partial charge in [0.2, 0.25) is 5.91 Å². The van der Waals surface area contributed by atoms with Crippen molar-refractivity contribution >= 4 is 17.3 Å². The maximum absolute atomic E-state index is 11.8. The van der Waals surface area contributed by atoms with E-state index in [1.54, 1.807) is 7.11 Å². The molecule has 110 valence electrons. The van der Waals surface area contributed by atoms with Crippen LogP contribution < -0.4 is 10.2 Å². The number of ether oxygens (including phenoxy) is 1. The molecule has 2 rings (SSSR count). The molecule has 0 bridgehead atoms. The van der Waals surface area contributed by atoms with Gasteiger partial charge in [0.25, 0.3) is 0 Å². The van der Waals surface area contributed by atoms with Gasteiger partial charge < -0.3 is 15.0 Å². The highest BCUT2D eigenvalue weighted by Gasteiger charge is 2.22. The van der Waals surface area contributed by atoms with Crippen LogP contribution in [0.25, 0.3) is 0 Å². The van der Waals surface area contributed by atoms with Crippen molar-refractivity contribution in [3.05, 3.63) is 24.3 Å². The normalized spacial score (nSPS) is 16.8. The Morgan fingerprint density at radius 3 is 2.80 bits per heavy atom. The first kappa shape index (κ1) is 14.9. The van der Waals surface area contributed by atoms with Gasteiger partial charge in [0.05, 0.1) is 12.6 Å². The summed E-state index contributed by atoms with van der Waals surface area (Å²) in [7, 11) is 1.72. The van der Waals surface area contributed by atoms with Crippen molar-refractivity contribution in [3.63, 3.8) is 0 Å². The Labute approximate surface area is 121 Å². The van der Waals surface area contributed by atoms with Crippen LogP contribution in [0.3, 0.4) is 0 Å². The summed E-state index contributed by atoms with van der Waals surface area (Å²) in [5.74, 6) is 0.700. The maximum atomic E-state index is 11.8. The SMILES string of the molecule is COCC(Nc1cccc(N2CCCC2=O)c1)C(C)C. The molecule has 0 aromatic heterocycles. The van der Waals surface area contributed by atoms with E-state index in [-0.39, 0.29) is 11.9 Å². The van der Waals surface area contributed by atoms with Gasteiger partial charge in [-0.15, -0.1) is 0 Å². The van der Waals surface area contributed by atoms with Crippen LogP contribution in [0, 0.1) is 5.92 Å². The monoisotopic (exact) mass is 276 g/mol. The van der Waals surface area contributed by atoms with E-state index >= 15 is 0 Å². The van der Waals surface area contributed by atoms with Gasteiger partial charge in [-0.3, -0.25) is 4.79 Å². The van der Waals surface area contributed by atoms with E-state index in [1.165, 1.54) is 0 Å². The second-order valence-corrected chi connectivity index (χ2v) is 5.65. The zero-order chi connectivity index (χ0) is 14.5. The van der Waals surface area contributed by atoms with Gasteiger partial charge in [-0.05, 0) is 30.5 Å². The molecule has 1 aromatic carbocycles. The number of hydrogen-bond donors (Lipinski definition) is 1. The molecule has 4 heteroatoms. The summed E-state index contributed by atoms with van der Waals surface area (Å²) in [4.78, 5) is 13.7. The highest BCUT2D eigenvalue weighted by atomic mass is 16.5. The number of nitrogens with one attached hydrogen (secondary N) is 1. The molecule has 20 heavy (non-hydrogen) atoms. The van der Waals surface area contributed by atoms with E-state index in [9.17, 15) is 4.79 Å². The second-order valence-electron chi connectivity index (χ2n) is 5.65. The first-order valence-corrected chi connectivity index (χ1v) is 7.27. The summed E-state index contributed by atoms with van der Waals surface area (Å²) in [6.07, 6.45) is 1.62. The van der Waals surface area contributed by atoms with E-state index in [2.05, 4.69) is 19.2 Å². The molecule has 1 amide bonds. The molecule has 1 saturated heterocycles. The van der Waals surface area contributed by atoms with Crippen LogP contribution in [0.5, 0.6) is 0 Å². The van der Waals surface area contributed by atoms with Crippen molar-refractivity contribution in [2.24, 2.45) is 5.92 Å². The van der Waals surface area contributed by atoms with Gasteiger partial charge in [0, 0.05) is 31.5 Å². The standard InChI is InChI=1S/C16H24N2O2/c1-12(2)15(11-20-3)17-13-6-4-7-14(10-13)18-9-5-8-16(18)19/h4,6-7,10,12,15,17H,5,8-9,11H2,1-3H3. The van der Waals surface area contributed by atoms with Crippen LogP contribution in [-0.2, 0) is 9.53 Å². The Kier molecular flexibility index (Phi) is 5.01. The quantitative estimate of drug-likeness (QED) is 0.868. The van der Waals surface area contributed by atoms with Gasteiger partial charge >= 0.3 is 0 Å². The van der Waals surface area contributed by atoms with Crippen molar-refractivity contribution in [3.8, 4) is 0 Å². The second kappa shape index (κ2) is 6.75. The summed E-state index contributed by atoms with van der Waals surface area (Å²) in [6, 6.07) is 8.34. The summed E-state index contributed by atoms with van der Waals surface area (Å²) in [5, 5.41) is 3.50. The predicted octanol–water partition coefficient (Wildman–Crippen LogP) is 2.90. The van der Waals surface area contributed by atoms with E-state index < -0.39 is 0 Å². The number of methoxy groups -OCH3 is 1. The average Bonchev–Trinajstić information content (AvgIpc) is 2.85. The molecular weight excluding hydrogens is 252 g/mol. The Bertz CT molecular complexity index is 460. The van der Waals surface area contributed by atoms with Gasteiger partial charge in [-0.1, -0.05) is 19.9 Å². The molecule has 1 heterocycles. The summed E-state index contributed by atoms with van der Waals surface area (Å²) in [5.41, 5.74) is 2.02. The zero-order valence-corrected chi connectivity index (χ0v) is 12.6. The van der Waals surface area contributed by atoms with E-state index in [0.717, 1.165) is 24.3 Å². The third-order valence-electron chi connectivity index (χ3n) is 3.73. The summed E-state index contributed by atoms with van der Waals surface area (Å²) < 4.78 is 5.26. The lowest BCUT2D eigenvalue weighted by Crippen LogP contribution is -2.30. The molecule has 1 unspecified atom stereocenters. The van der Waals surface area contributed by atoms with Crippen molar-refractivity contribution in [2.45, 2.75) is 32.7 Å². The number of hydrogen-bond acceptors (Lipinski definition) is 3. The predicted molar refractivity (Wildman–Crippen MR) is 82.2 cm³/mol. The Morgan fingerprint density at radius 1 is 1.40 bits per heavy atom. The Morgan fingerprint density at radius 2 is 2.20 bits per heavy atom. The van der Waals surface area contributed by atoms with Crippen LogP contribution in [-0.4, -0.2) is 32.2 Å². The van der Waals surface area contributed by atoms with Crippen molar-refractivity contribution in [1.82, 2.24) is 0 Å². The molecule has 1 N–H and O–H groups in total. The van der Waals surface area contributed by atoms with Crippen LogP contribution in [0.1, 0.15) is 26.7 Å². The fourth-order valence-electron chi connectivity index (χ4n) is 2.48. The van der Waals surface area contributed by atoms with Crippen molar-refractivity contribution in [2.75, 3.05) is 30.5 Å². The first-order valence-electron chi connectivity index (χ1n) is 7.27. The van der Waals surface area contributed by atoms with Crippen LogP contribution >= 0.6 is 0 Å². The number of benzene rings is 1. The van der Waals surface area contributed by atoms with Gasteiger partial charge in [0.1, 0.15) is 0 Å². The van der Waals surface area contributed by atoms with Crippen LogP contribution in [0.2, 0.25) is 0 Å². The molecule has 0 spiro atoms. The largest absolute Gasteiger partial charge is 0.383 e. The van der Waals surface area contributed by atoms with Crippen LogP contribution in [0.15, 0.2) is 24.3 Å². The fourth-order valence-corrected chi connectivity index (χ4v) is 2.48. The van der Waals surface area contributed by atoms with Crippen LogP contribution in [0.4, 0.5) is 11.4 Å².